The summed E-state index contributed by atoms with van der Waals surface area (Å²) in [5.74, 6) is -0.294. The Bertz CT molecular complexity index is 382. The Balaban J connectivity index is 3.13. The molecule has 0 bridgehead atoms. The molecule has 0 heterocycles. The number of likely N-dealkylation sites (N-methyl/N-ethyl adjacent to an activating group) is 1. The van der Waals surface area contributed by atoms with Gasteiger partial charge in [-0.15, -0.1) is 0 Å². The van der Waals surface area contributed by atoms with Crippen molar-refractivity contribution in [1.82, 2.24) is 5.32 Å². The van der Waals surface area contributed by atoms with Crippen LogP contribution in [0.1, 0.15) is 32.4 Å². The Morgan fingerprint density at radius 1 is 1.47 bits per heavy atom. The average Bonchev–Trinajstić information content (AvgIpc) is 2.23. The molecule has 1 aromatic rings. The third kappa shape index (κ3) is 3.41. The third-order valence-corrected chi connectivity index (χ3v) is 3.11. The van der Waals surface area contributed by atoms with E-state index in [0.717, 1.165) is 0 Å². The van der Waals surface area contributed by atoms with E-state index in [1.54, 1.807) is 6.07 Å². The lowest BCUT2D eigenvalue weighted by Gasteiger charge is -2.34. The highest BCUT2D eigenvalue weighted by atomic mass is 35.5. The summed E-state index contributed by atoms with van der Waals surface area (Å²) in [6.45, 7) is 6.44. The molecule has 0 aliphatic heterocycles. The van der Waals surface area contributed by atoms with Crippen molar-refractivity contribution < 1.29 is 9.13 Å². The summed E-state index contributed by atoms with van der Waals surface area (Å²) < 4.78 is 19.0. The molecular weight excluding hydrogens is 241 g/mol. The van der Waals surface area contributed by atoms with Crippen molar-refractivity contribution in [3.05, 3.63) is 34.6 Å². The number of nitrogens with one attached hydrogen (secondary N) is 1. The summed E-state index contributed by atoms with van der Waals surface area (Å²) in [4.78, 5) is 0. The zero-order chi connectivity index (χ0) is 13.1. The van der Waals surface area contributed by atoms with E-state index >= 15 is 0 Å². The normalized spacial score (nSPS) is 13.8. The zero-order valence-corrected chi connectivity index (χ0v) is 11.4. The summed E-state index contributed by atoms with van der Waals surface area (Å²) in [5, 5.41) is 3.68. The third-order valence-electron chi connectivity index (χ3n) is 2.77. The molecule has 0 saturated carbocycles. The molecule has 0 radical (unpaired) electrons. The molecule has 1 rings (SSSR count). The van der Waals surface area contributed by atoms with Gasteiger partial charge in [0.05, 0.1) is 11.6 Å². The van der Waals surface area contributed by atoms with Crippen LogP contribution in [0.15, 0.2) is 18.2 Å². The van der Waals surface area contributed by atoms with Crippen molar-refractivity contribution in [3.63, 3.8) is 0 Å². The Morgan fingerprint density at radius 3 is 2.65 bits per heavy atom. The molecule has 2 nitrogen and oxygen atoms in total. The van der Waals surface area contributed by atoms with Crippen LogP contribution in [-0.2, 0) is 4.74 Å². The van der Waals surface area contributed by atoms with Gasteiger partial charge >= 0.3 is 0 Å². The van der Waals surface area contributed by atoms with E-state index < -0.39 is 5.60 Å². The molecule has 1 N–H and O–H groups in total. The van der Waals surface area contributed by atoms with E-state index in [2.05, 4.69) is 5.32 Å². The molecule has 0 saturated heterocycles. The topological polar surface area (TPSA) is 21.3 Å². The lowest BCUT2D eigenvalue weighted by Crippen LogP contribution is -2.40. The van der Waals surface area contributed by atoms with Crippen LogP contribution in [0.5, 0.6) is 0 Å². The Morgan fingerprint density at radius 2 is 2.12 bits per heavy atom. The highest BCUT2D eigenvalue weighted by Crippen LogP contribution is 2.33. The fourth-order valence-corrected chi connectivity index (χ4v) is 2.30. The summed E-state index contributed by atoms with van der Waals surface area (Å²) in [6, 6.07) is 4.21. The molecule has 0 aliphatic carbocycles. The second-order valence-corrected chi connectivity index (χ2v) is 4.83. The fourth-order valence-electron chi connectivity index (χ4n) is 2.07. The molecule has 0 amide bonds. The van der Waals surface area contributed by atoms with Gasteiger partial charge in [0, 0.05) is 11.6 Å². The molecule has 96 valence electrons. The maximum absolute atomic E-state index is 13.3. The Hall–Kier alpha value is -0.640. The molecule has 17 heavy (non-hydrogen) atoms. The summed E-state index contributed by atoms with van der Waals surface area (Å²) in [6.07, 6.45) is 0. The minimum Gasteiger partial charge on any atom is -0.374 e. The molecule has 0 aliphatic rings. The van der Waals surface area contributed by atoms with Crippen LogP contribution in [-0.4, -0.2) is 19.3 Å². The van der Waals surface area contributed by atoms with Crippen LogP contribution in [0.2, 0.25) is 5.02 Å². The van der Waals surface area contributed by atoms with Gasteiger partial charge in [0.15, 0.2) is 0 Å². The molecule has 0 fully saturated rings. The minimum absolute atomic E-state index is 0.161. The van der Waals surface area contributed by atoms with Crippen molar-refractivity contribution in [2.75, 3.05) is 13.7 Å². The molecule has 4 heteroatoms. The number of hydrogen-bond acceptors (Lipinski definition) is 2. The quantitative estimate of drug-likeness (QED) is 0.873. The number of halogens is 2. The number of benzene rings is 1. The van der Waals surface area contributed by atoms with Crippen molar-refractivity contribution in [1.29, 1.82) is 0 Å². The van der Waals surface area contributed by atoms with Crippen LogP contribution < -0.4 is 5.32 Å². The predicted molar refractivity (Wildman–Crippen MR) is 68.9 cm³/mol. The molecule has 1 aromatic carbocycles. The SMILES string of the molecule is CCOC(C)(C)C(NC)c1cc(F)ccc1Cl. The molecule has 1 unspecified atom stereocenters. The highest BCUT2D eigenvalue weighted by molar-refractivity contribution is 6.31. The maximum atomic E-state index is 13.3. The second kappa shape index (κ2) is 5.80. The highest BCUT2D eigenvalue weighted by Gasteiger charge is 2.31. The number of hydrogen-bond donors (Lipinski definition) is 1. The number of ether oxygens (including phenoxy) is 1. The van der Waals surface area contributed by atoms with Crippen LogP contribution in [0.3, 0.4) is 0 Å². The van der Waals surface area contributed by atoms with Gasteiger partial charge in [0.25, 0.3) is 0 Å². The first-order valence-corrected chi connectivity index (χ1v) is 6.06. The number of rotatable bonds is 5. The Labute approximate surface area is 107 Å². The van der Waals surface area contributed by atoms with E-state index in [0.29, 0.717) is 17.2 Å². The first-order valence-electron chi connectivity index (χ1n) is 5.68. The van der Waals surface area contributed by atoms with E-state index in [1.807, 2.05) is 27.8 Å². The lowest BCUT2D eigenvalue weighted by atomic mass is 9.91. The molecule has 1 atom stereocenters. The van der Waals surface area contributed by atoms with Crippen LogP contribution in [0.25, 0.3) is 0 Å². The van der Waals surface area contributed by atoms with E-state index in [4.69, 9.17) is 16.3 Å². The van der Waals surface area contributed by atoms with Gasteiger partial charge in [-0.3, -0.25) is 0 Å². The molecule has 0 spiro atoms. The van der Waals surface area contributed by atoms with Crippen LogP contribution in [0.4, 0.5) is 4.39 Å². The standard InChI is InChI=1S/C13H19ClFNO/c1-5-17-13(2,3)12(16-4)10-8-9(15)6-7-11(10)14/h6-8,12,16H,5H2,1-4H3. The average molecular weight is 260 g/mol. The second-order valence-electron chi connectivity index (χ2n) is 4.42. The fraction of sp³-hybridized carbons (Fsp3) is 0.538. The largest absolute Gasteiger partial charge is 0.374 e. The van der Waals surface area contributed by atoms with Gasteiger partial charge in [0.2, 0.25) is 0 Å². The monoisotopic (exact) mass is 259 g/mol. The summed E-state index contributed by atoms with van der Waals surface area (Å²) >= 11 is 6.11. The first-order chi connectivity index (χ1) is 7.92. The van der Waals surface area contributed by atoms with Gasteiger partial charge in [-0.2, -0.15) is 0 Å². The van der Waals surface area contributed by atoms with Gasteiger partial charge in [-0.05, 0) is 51.6 Å². The molecule has 0 aromatic heterocycles. The van der Waals surface area contributed by atoms with Crippen molar-refractivity contribution in [3.8, 4) is 0 Å². The van der Waals surface area contributed by atoms with Crippen molar-refractivity contribution in [2.45, 2.75) is 32.4 Å². The smallest absolute Gasteiger partial charge is 0.123 e. The maximum Gasteiger partial charge on any atom is 0.123 e. The van der Waals surface area contributed by atoms with Gasteiger partial charge in [-0.25, -0.2) is 4.39 Å². The van der Waals surface area contributed by atoms with E-state index in [9.17, 15) is 4.39 Å². The van der Waals surface area contributed by atoms with Gasteiger partial charge in [0.1, 0.15) is 5.82 Å². The van der Waals surface area contributed by atoms with E-state index in [1.165, 1.54) is 12.1 Å². The Kier molecular flexibility index (Phi) is 4.92. The summed E-state index contributed by atoms with van der Waals surface area (Å²) in [7, 11) is 1.81. The van der Waals surface area contributed by atoms with Crippen molar-refractivity contribution in [2.24, 2.45) is 0 Å². The summed E-state index contributed by atoms with van der Waals surface area (Å²) in [5.41, 5.74) is 0.258. The van der Waals surface area contributed by atoms with Crippen LogP contribution in [0, 0.1) is 5.82 Å². The van der Waals surface area contributed by atoms with Gasteiger partial charge in [-0.1, -0.05) is 11.6 Å². The van der Waals surface area contributed by atoms with Crippen LogP contribution >= 0.6 is 11.6 Å². The zero-order valence-electron chi connectivity index (χ0n) is 10.7. The van der Waals surface area contributed by atoms with Crippen molar-refractivity contribution >= 4 is 11.6 Å². The first kappa shape index (κ1) is 14.4. The van der Waals surface area contributed by atoms with Gasteiger partial charge < -0.3 is 10.1 Å². The molecular formula is C13H19ClFNO. The lowest BCUT2D eigenvalue weighted by molar-refractivity contribution is -0.0375. The predicted octanol–water partition coefficient (Wildman–Crippen LogP) is 3.55. The van der Waals surface area contributed by atoms with E-state index in [-0.39, 0.29) is 11.9 Å². The minimum atomic E-state index is -0.457.